The first-order chi connectivity index (χ1) is 14.2. The average molecular weight is 414 g/mol. The van der Waals surface area contributed by atoms with Gasteiger partial charge in [-0.15, -0.1) is 11.8 Å². The number of amides is 1. The predicted molar refractivity (Wildman–Crippen MR) is 120 cm³/mol. The number of rotatable bonds is 9. The summed E-state index contributed by atoms with van der Waals surface area (Å²) in [6, 6.07) is 14.0. The summed E-state index contributed by atoms with van der Waals surface area (Å²) >= 11 is 1.78. The number of hydrogen-bond acceptors (Lipinski definition) is 4. The number of benzene rings is 2. The smallest absolute Gasteiger partial charge is 0.255 e. The second-order valence-corrected chi connectivity index (χ2v) is 8.56. The maximum Gasteiger partial charge on any atom is 0.255 e. The summed E-state index contributed by atoms with van der Waals surface area (Å²) in [5.74, 6) is 2.49. The van der Waals surface area contributed by atoms with E-state index in [1.807, 2.05) is 35.2 Å². The number of methoxy groups -OCH3 is 2. The van der Waals surface area contributed by atoms with Crippen molar-refractivity contribution < 1.29 is 14.3 Å². The van der Waals surface area contributed by atoms with Gasteiger partial charge in [-0.25, -0.2) is 0 Å². The van der Waals surface area contributed by atoms with Crippen LogP contribution in [0.3, 0.4) is 0 Å². The number of carbonyl (C=O) groups is 1. The van der Waals surface area contributed by atoms with Crippen LogP contribution in [0.1, 0.15) is 59.5 Å². The van der Waals surface area contributed by atoms with Gasteiger partial charge in [-0.1, -0.05) is 38.3 Å². The molecule has 3 rings (SSSR count). The Balaban J connectivity index is 1.71. The first-order valence-electron chi connectivity index (χ1n) is 10.4. The maximum absolute atomic E-state index is 13.2. The third-order valence-electron chi connectivity index (χ3n) is 5.33. The first-order valence-corrected chi connectivity index (χ1v) is 11.5. The molecule has 29 heavy (non-hydrogen) atoms. The lowest BCUT2D eigenvalue weighted by Gasteiger charge is -2.25. The molecule has 2 aromatic rings. The molecule has 4 nitrogen and oxygen atoms in total. The monoisotopic (exact) mass is 413 g/mol. The number of ether oxygens (including phenoxy) is 2. The van der Waals surface area contributed by atoms with Crippen LogP contribution in [0.25, 0.3) is 0 Å². The molecule has 0 aliphatic carbocycles. The number of aryl methyl sites for hydroxylation is 1. The van der Waals surface area contributed by atoms with Gasteiger partial charge in [-0.3, -0.25) is 4.79 Å². The van der Waals surface area contributed by atoms with Gasteiger partial charge in [0.25, 0.3) is 5.91 Å². The largest absolute Gasteiger partial charge is 0.497 e. The molecule has 5 heteroatoms. The Labute approximate surface area is 178 Å². The van der Waals surface area contributed by atoms with Gasteiger partial charge in [-0.2, -0.15) is 0 Å². The van der Waals surface area contributed by atoms with Crippen LogP contribution in [-0.4, -0.2) is 37.3 Å². The zero-order valence-corrected chi connectivity index (χ0v) is 18.5. The fraction of sp³-hybridized carbons (Fsp3) is 0.458. The van der Waals surface area contributed by atoms with Gasteiger partial charge < -0.3 is 14.4 Å². The van der Waals surface area contributed by atoms with Gasteiger partial charge in [0, 0.05) is 23.9 Å². The molecular formula is C24H31NO3S. The molecule has 1 unspecified atom stereocenters. The van der Waals surface area contributed by atoms with Crippen LogP contribution in [-0.2, 0) is 6.42 Å². The lowest BCUT2D eigenvalue weighted by atomic mass is 10.0. The zero-order chi connectivity index (χ0) is 20.6. The predicted octanol–water partition coefficient (Wildman–Crippen LogP) is 5.71. The molecule has 0 radical (unpaired) electrons. The molecule has 1 saturated heterocycles. The molecule has 1 amide bonds. The van der Waals surface area contributed by atoms with E-state index in [-0.39, 0.29) is 11.3 Å². The molecule has 156 valence electrons. The Morgan fingerprint density at radius 1 is 1.03 bits per heavy atom. The van der Waals surface area contributed by atoms with E-state index in [0.29, 0.717) is 0 Å². The van der Waals surface area contributed by atoms with Gasteiger partial charge in [-0.05, 0) is 48.2 Å². The van der Waals surface area contributed by atoms with Gasteiger partial charge in [0.1, 0.15) is 16.9 Å². The SMILES string of the molecule is CCCCCCc1ccc(C(=O)N2CCSC2c2cc(OC)cc(OC)c2)cc1. The van der Waals surface area contributed by atoms with Crippen LogP contribution in [0.15, 0.2) is 42.5 Å². The Hall–Kier alpha value is -2.14. The van der Waals surface area contributed by atoms with E-state index in [1.165, 1.54) is 31.2 Å². The van der Waals surface area contributed by atoms with Crippen LogP contribution < -0.4 is 9.47 Å². The minimum atomic E-state index is -0.0276. The standard InChI is InChI=1S/C24H31NO3S/c1-4-5-6-7-8-18-9-11-19(12-10-18)23(26)25-13-14-29-24(25)20-15-21(27-2)17-22(16-20)28-3/h9-12,15-17,24H,4-8,13-14H2,1-3H3. The van der Waals surface area contributed by atoms with Gasteiger partial charge in [0.15, 0.2) is 0 Å². The molecular weight excluding hydrogens is 382 g/mol. The van der Waals surface area contributed by atoms with E-state index in [9.17, 15) is 4.79 Å². The van der Waals surface area contributed by atoms with Crippen molar-refractivity contribution in [1.82, 2.24) is 4.90 Å². The average Bonchev–Trinajstić information content (AvgIpc) is 3.26. The summed E-state index contributed by atoms with van der Waals surface area (Å²) in [7, 11) is 3.29. The van der Waals surface area contributed by atoms with Crippen molar-refractivity contribution in [3.05, 3.63) is 59.2 Å². The van der Waals surface area contributed by atoms with Crippen molar-refractivity contribution in [3.8, 4) is 11.5 Å². The third kappa shape index (κ3) is 5.47. The van der Waals surface area contributed by atoms with Crippen LogP contribution in [0.4, 0.5) is 0 Å². The summed E-state index contributed by atoms with van der Waals surface area (Å²) in [5.41, 5.74) is 3.09. The van der Waals surface area contributed by atoms with Crippen LogP contribution >= 0.6 is 11.8 Å². The summed E-state index contributed by atoms with van der Waals surface area (Å²) in [6.07, 6.45) is 6.11. The van der Waals surface area contributed by atoms with Crippen molar-refractivity contribution in [2.24, 2.45) is 0 Å². The van der Waals surface area contributed by atoms with Crippen LogP contribution in [0.2, 0.25) is 0 Å². The van der Waals surface area contributed by atoms with E-state index in [4.69, 9.17) is 9.47 Å². The van der Waals surface area contributed by atoms with Crippen molar-refractivity contribution in [2.45, 2.75) is 44.4 Å². The fourth-order valence-electron chi connectivity index (χ4n) is 3.66. The quantitative estimate of drug-likeness (QED) is 0.493. The molecule has 2 aromatic carbocycles. The van der Waals surface area contributed by atoms with Crippen LogP contribution in [0.5, 0.6) is 11.5 Å². The van der Waals surface area contributed by atoms with Crippen molar-refractivity contribution in [1.29, 1.82) is 0 Å². The normalized spacial score (nSPS) is 16.1. The van der Waals surface area contributed by atoms with E-state index >= 15 is 0 Å². The number of nitrogens with zero attached hydrogens (tertiary/aromatic N) is 1. The molecule has 0 bridgehead atoms. The van der Waals surface area contributed by atoms with Crippen LogP contribution in [0, 0.1) is 0 Å². The van der Waals surface area contributed by atoms with Crippen molar-refractivity contribution >= 4 is 17.7 Å². The highest BCUT2D eigenvalue weighted by Gasteiger charge is 2.32. The molecule has 1 aliphatic heterocycles. The Kier molecular flexibility index (Phi) is 7.87. The summed E-state index contributed by atoms with van der Waals surface area (Å²) < 4.78 is 10.8. The van der Waals surface area contributed by atoms with Gasteiger partial charge >= 0.3 is 0 Å². The Morgan fingerprint density at radius 2 is 1.72 bits per heavy atom. The highest BCUT2D eigenvalue weighted by atomic mass is 32.2. The lowest BCUT2D eigenvalue weighted by molar-refractivity contribution is 0.0760. The highest BCUT2D eigenvalue weighted by molar-refractivity contribution is 7.99. The van der Waals surface area contributed by atoms with Crippen molar-refractivity contribution in [3.63, 3.8) is 0 Å². The van der Waals surface area contributed by atoms with E-state index < -0.39 is 0 Å². The Bertz CT molecular complexity index is 784. The molecule has 0 aromatic heterocycles. The summed E-state index contributed by atoms with van der Waals surface area (Å²) in [4.78, 5) is 15.2. The maximum atomic E-state index is 13.2. The van der Waals surface area contributed by atoms with Crippen molar-refractivity contribution in [2.75, 3.05) is 26.5 Å². The second kappa shape index (κ2) is 10.6. The molecule has 1 aliphatic rings. The zero-order valence-electron chi connectivity index (χ0n) is 17.6. The minimum absolute atomic E-state index is 0.0276. The molecule has 1 fully saturated rings. The van der Waals surface area contributed by atoms with Gasteiger partial charge in [0.2, 0.25) is 0 Å². The lowest BCUT2D eigenvalue weighted by Crippen LogP contribution is -2.30. The summed E-state index contributed by atoms with van der Waals surface area (Å²) in [5, 5.41) is -0.0276. The molecule has 0 N–H and O–H groups in total. The first kappa shape index (κ1) is 21.6. The highest BCUT2D eigenvalue weighted by Crippen LogP contribution is 2.41. The molecule has 1 atom stereocenters. The number of unbranched alkanes of at least 4 members (excludes halogenated alkanes) is 3. The van der Waals surface area contributed by atoms with E-state index in [2.05, 4.69) is 19.1 Å². The Morgan fingerprint density at radius 3 is 2.34 bits per heavy atom. The summed E-state index contributed by atoms with van der Waals surface area (Å²) in [6.45, 7) is 2.97. The minimum Gasteiger partial charge on any atom is -0.497 e. The fourth-order valence-corrected chi connectivity index (χ4v) is 4.90. The molecule has 1 heterocycles. The second-order valence-electron chi connectivity index (χ2n) is 7.38. The number of carbonyl (C=O) groups excluding carboxylic acids is 1. The van der Waals surface area contributed by atoms with E-state index in [0.717, 1.165) is 41.3 Å². The molecule has 0 spiro atoms. The number of thioether (sulfide) groups is 1. The van der Waals surface area contributed by atoms with Gasteiger partial charge in [0.05, 0.1) is 14.2 Å². The molecule has 0 saturated carbocycles. The number of hydrogen-bond donors (Lipinski definition) is 0. The van der Waals surface area contributed by atoms with E-state index in [1.54, 1.807) is 26.0 Å². The third-order valence-corrected chi connectivity index (χ3v) is 6.59. The topological polar surface area (TPSA) is 38.8 Å².